The van der Waals surface area contributed by atoms with Crippen LogP contribution in [0.15, 0.2) is 48.8 Å². The first-order valence-electron chi connectivity index (χ1n) is 9.73. The fourth-order valence-electron chi connectivity index (χ4n) is 3.21. The molecule has 0 aliphatic rings. The van der Waals surface area contributed by atoms with E-state index in [9.17, 15) is 4.79 Å². The third kappa shape index (κ3) is 4.06. The Labute approximate surface area is 166 Å². The summed E-state index contributed by atoms with van der Waals surface area (Å²) in [5.41, 5.74) is 4.27. The number of benzene rings is 1. The average molecular weight is 377 g/mol. The molecule has 1 N–H and O–H groups in total. The number of aryl methyl sites for hydroxylation is 1. The first-order chi connectivity index (χ1) is 13.6. The lowest BCUT2D eigenvalue weighted by Crippen LogP contribution is -2.23. The van der Waals surface area contributed by atoms with Crippen molar-refractivity contribution in [2.24, 2.45) is 0 Å². The Hall–Kier alpha value is -3.15. The van der Waals surface area contributed by atoms with E-state index in [1.807, 2.05) is 54.9 Å². The minimum absolute atomic E-state index is 0.174. The van der Waals surface area contributed by atoms with Gasteiger partial charge in [0.25, 0.3) is 5.91 Å². The normalized spacial score (nSPS) is 10.7. The van der Waals surface area contributed by atoms with E-state index in [4.69, 9.17) is 0 Å². The number of rotatable bonds is 7. The van der Waals surface area contributed by atoms with Gasteiger partial charge in [0, 0.05) is 13.1 Å². The maximum absolute atomic E-state index is 12.8. The van der Waals surface area contributed by atoms with E-state index in [0.29, 0.717) is 17.7 Å². The molecule has 3 aromatic rings. The van der Waals surface area contributed by atoms with Gasteiger partial charge in [-0.3, -0.25) is 4.79 Å². The molecule has 1 aromatic carbocycles. The number of anilines is 2. The molecule has 146 valence electrons. The second kappa shape index (κ2) is 8.69. The van der Waals surface area contributed by atoms with Gasteiger partial charge in [-0.1, -0.05) is 24.6 Å². The van der Waals surface area contributed by atoms with Crippen molar-refractivity contribution in [1.29, 1.82) is 0 Å². The molecule has 28 heavy (non-hydrogen) atoms. The molecular weight excluding hydrogens is 350 g/mol. The van der Waals surface area contributed by atoms with Crippen LogP contribution in [0.25, 0.3) is 5.69 Å². The van der Waals surface area contributed by atoms with Gasteiger partial charge in [-0.15, -0.1) is 0 Å². The highest BCUT2D eigenvalue weighted by Crippen LogP contribution is 2.19. The van der Waals surface area contributed by atoms with Crippen LogP contribution in [0.1, 0.15) is 42.4 Å². The highest BCUT2D eigenvalue weighted by molar-refractivity contribution is 6.05. The van der Waals surface area contributed by atoms with Gasteiger partial charge in [0.2, 0.25) is 0 Å². The van der Waals surface area contributed by atoms with Crippen LogP contribution >= 0.6 is 0 Å². The van der Waals surface area contributed by atoms with E-state index in [0.717, 1.165) is 30.3 Å². The molecule has 2 heterocycles. The molecule has 0 bridgehead atoms. The SMILES string of the molecule is CCc1c(C(=O)Nc2ccc(N(CC)CC)nc2)cnn1-c1ccc(C)cc1. The Balaban J connectivity index is 1.80. The summed E-state index contributed by atoms with van der Waals surface area (Å²) >= 11 is 0. The topological polar surface area (TPSA) is 63.1 Å². The number of carbonyl (C=O) groups is 1. The van der Waals surface area contributed by atoms with Crippen LogP contribution in [-0.4, -0.2) is 33.8 Å². The largest absolute Gasteiger partial charge is 0.357 e. The summed E-state index contributed by atoms with van der Waals surface area (Å²) in [6.07, 6.45) is 4.03. The number of aromatic nitrogens is 3. The molecule has 0 saturated heterocycles. The summed E-state index contributed by atoms with van der Waals surface area (Å²) in [6, 6.07) is 11.9. The highest BCUT2D eigenvalue weighted by atomic mass is 16.1. The summed E-state index contributed by atoms with van der Waals surface area (Å²) in [6.45, 7) is 10.1. The Bertz CT molecular complexity index is 925. The van der Waals surface area contributed by atoms with E-state index in [1.54, 1.807) is 12.4 Å². The molecule has 0 aliphatic heterocycles. The number of carbonyl (C=O) groups excluding carboxylic acids is 1. The van der Waals surface area contributed by atoms with Crippen LogP contribution in [0.4, 0.5) is 11.5 Å². The summed E-state index contributed by atoms with van der Waals surface area (Å²) < 4.78 is 1.83. The third-order valence-electron chi connectivity index (χ3n) is 4.82. The first-order valence-corrected chi connectivity index (χ1v) is 9.73. The molecule has 6 nitrogen and oxygen atoms in total. The van der Waals surface area contributed by atoms with Crippen molar-refractivity contribution in [2.45, 2.75) is 34.1 Å². The van der Waals surface area contributed by atoms with Crippen molar-refractivity contribution in [3.05, 3.63) is 65.6 Å². The van der Waals surface area contributed by atoms with Gasteiger partial charge >= 0.3 is 0 Å². The van der Waals surface area contributed by atoms with Gasteiger partial charge in [-0.05, 0) is 51.5 Å². The van der Waals surface area contributed by atoms with Crippen molar-refractivity contribution in [2.75, 3.05) is 23.3 Å². The molecule has 0 fully saturated rings. The molecule has 6 heteroatoms. The number of nitrogens with one attached hydrogen (secondary N) is 1. The lowest BCUT2D eigenvalue weighted by atomic mass is 10.1. The predicted molar refractivity (Wildman–Crippen MR) is 113 cm³/mol. The van der Waals surface area contributed by atoms with Crippen molar-refractivity contribution < 1.29 is 4.79 Å². The van der Waals surface area contributed by atoms with Crippen LogP contribution in [-0.2, 0) is 6.42 Å². The standard InChI is InChI=1S/C22H27N5O/c1-5-20-19(15-24-27(20)18-11-8-16(4)9-12-18)22(28)25-17-10-13-21(23-14-17)26(6-2)7-3/h8-15H,5-7H2,1-4H3,(H,25,28). The monoisotopic (exact) mass is 377 g/mol. The lowest BCUT2D eigenvalue weighted by Gasteiger charge is -2.19. The fourth-order valence-corrected chi connectivity index (χ4v) is 3.21. The van der Waals surface area contributed by atoms with E-state index >= 15 is 0 Å². The molecule has 0 spiro atoms. The lowest BCUT2D eigenvalue weighted by molar-refractivity contribution is 0.102. The minimum atomic E-state index is -0.174. The Morgan fingerprint density at radius 1 is 1.04 bits per heavy atom. The first kappa shape index (κ1) is 19.6. The fraction of sp³-hybridized carbons (Fsp3) is 0.318. The van der Waals surface area contributed by atoms with Crippen LogP contribution in [0.5, 0.6) is 0 Å². The molecule has 3 rings (SSSR count). The Kier molecular flexibility index (Phi) is 6.09. The zero-order valence-corrected chi connectivity index (χ0v) is 16.9. The summed E-state index contributed by atoms with van der Waals surface area (Å²) in [5.74, 6) is 0.733. The Morgan fingerprint density at radius 3 is 2.32 bits per heavy atom. The molecule has 0 atom stereocenters. The van der Waals surface area contributed by atoms with E-state index < -0.39 is 0 Å². The van der Waals surface area contributed by atoms with Gasteiger partial charge in [0.15, 0.2) is 0 Å². The maximum Gasteiger partial charge on any atom is 0.259 e. The van der Waals surface area contributed by atoms with Crippen molar-refractivity contribution >= 4 is 17.4 Å². The molecule has 0 unspecified atom stereocenters. The number of hydrogen-bond acceptors (Lipinski definition) is 4. The molecule has 0 saturated carbocycles. The van der Waals surface area contributed by atoms with Crippen molar-refractivity contribution in [3.63, 3.8) is 0 Å². The average Bonchev–Trinajstić information content (AvgIpc) is 3.15. The molecule has 1 amide bonds. The zero-order chi connectivity index (χ0) is 20.1. The number of nitrogens with zero attached hydrogens (tertiary/aromatic N) is 4. The maximum atomic E-state index is 12.8. The minimum Gasteiger partial charge on any atom is -0.357 e. The van der Waals surface area contributed by atoms with Gasteiger partial charge < -0.3 is 10.2 Å². The van der Waals surface area contributed by atoms with Gasteiger partial charge in [-0.25, -0.2) is 9.67 Å². The summed E-state index contributed by atoms with van der Waals surface area (Å²) in [7, 11) is 0. The van der Waals surface area contributed by atoms with E-state index in [1.165, 1.54) is 5.56 Å². The second-order valence-corrected chi connectivity index (χ2v) is 6.64. The molecule has 2 aromatic heterocycles. The number of pyridine rings is 1. The van der Waals surface area contributed by atoms with Gasteiger partial charge in [0.1, 0.15) is 5.82 Å². The number of amides is 1. The van der Waals surface area contributed by atoms with Gasteiger partial charge in [-0.2, -0.15) is 5.10 Å². The van der Waals surface area contributed by atoms with Crippen LogP contribution in [0.2, 0.25) is 0 Å². The van der Waals surface area contributed by atoms with E-state index in [-0.39, 0.29) is 5.91 Å². The zero-order valence-electron chi connectivity index (χ0n) is 16.9. The molecular formula is C22H27N5O. The summed E-state index contributed by atoms with van der Waals surface area (Å²) in [4.78, 5) is 19.4. The molecule has 0 aliphatic carbocycles. The van der Waals surface area contributed by atoms with Crippen LogP contribution in [0, 0.1) is 6.92 Å². The summed E-state index contributed by atoms with van der Waals surface area (Å²) in [5, 5.41) is 7.38. The van der Waals surface area contributed by atoms with Crippen molar-refractivity contribution in [3.8, 4) is 5.69 Å². The Morgan fingerprint density at radius 2 is 1.75 bits per heavy atom. The molecule has 0 radical (unpaired) electrons. The van der Waals surface area contributed by atoms with E-state index in [2.05, 4.69) is 34.1 Å². The van der Waals surface area contributed by atoms with Crippen LogP contribution in [0.3, 0.4) is 0 Å². The van der Waals surface area contributed by atoms with Crippen LogP contribution < -0.4 is 10.2 Å². The van der Waals surface area contributed by atoms with Gasteiger partial charge in [0.05, 0.1) is 35.0 Å². The smallest absolute Gasteiger partial charge is 0.259 e. The highest BCUT2D eigenvalue weighted by Gasteiger charge is 2.17. The quantitative estimate of drug-likeness (QED) is 0.669. The third-order valence-corrected chi connectivity index (χ3v) is 4.82. The second-order valence-electron chi connectivity index (χ2n) is 6.64. The number of hydrogen-bond donors (Lipinski definition) is 1. The predicted octanol–water partition coefficient (Wildman–Crippen LogP) is 4.24. The van der Waals surface area contributed by atoms with Crippen molar-refractivity contribution in [1.82, 2.24) is 14.8 Å².